The summed E-state index contributed by atoms with van der Waals surface area (Å²) in [6.07, 6.45) is 3.68. The van der Waals surface area contributed by atoms with Crippen molar-refractivity contribution in [3.05, 3.63) is 36.7 Å². The first-order valence-electron chi connectivity index (χ1n) is 7.80. The molecule has 1 aromatic carbocycles. The third kappa shape index (κ3) is 3.44. The number of nitrogens with zero attached hydrogens (tertiary/aromatic N) is 2. The van der Waals surface area contributed by atoms with Gasteiger partial charge in [-0.1, -0.05) is 0 Å². The molecule has 0 radical (unpaired) electrons. The maximum absolute atomic E-state index is 5.96. The van der Waals surface area contributed by atoms with E-state index in [0.717, 1.165) is 33.9 Å². The number of aromatic nitrogens is 3. The standard InChI is InChI=1S/C18H21N3O2/c1-11(2)22-13-5-6-14(17(9-13)23-12(3)4)18-20-15-7-8-19-10-16(15)21-18/h5-12H,1-4H3,(H,20,21). The van der Waals surface area contributed by atoms with Gasteiger partial charge in [0.05, 0.1) is 35.0 Å². The van der Waals surface area contributed by atoms with Crippen molar-refractivity contribution in [3.63, 3.8) is 0 Å². The van der Waals surface area contributed by atoms with E-state index >= 15 is 0 Å². The maximum atomic E-state index is 5.96. The number of hydrogen-bond donors (Lipinski definition) is 1. The molecule has 0 unspecified atom stereocenters. The van der Waals surface area contributed by atoms with E-state index in [4.69, 9.17) is 9.47 Å². The number of benzene rings is 1. The fourth-order valence-corrected chi connectivity index (χ4v) is 2.38. The van der Waals surface area contributed by atoms with Crippen molar-refractivity contribution in [1.82, 2.24) is 15.0 Å². The largest absolute Gasteiger partial charge is 0.491 e. The molecule has 2 aromatic heterocycles. The van der Waals surface area contributed by atoms with Crippen molar-refractivity contribution in [1.29, 1.82) is 0 Å². The summed E-state index contributed by atoms with van der Waals surface area (Å²) in [5, 5.41) is 0. The van der Waals surface area contributed by atoms with Gasteiger partial charge in [0.1, 0.15) is 17.3 Å². The van der Waals surface area contributed by atoms with Crippen LogP contribution in [0.3, 0.4) is 0 Å². The number of hydrogen-bond acceptors (Lipinski definition) is 4. The van der Waals surface area contributed by atoms with Crippen LogP contribution in [0.1, 0.15) is 27.7 Å². The van der Waals surface area contributed by atoms with Gasteiger partial charge in [-0.25, -0.2) is 4.98 Å². The van der Waals surface area contributed by atoms with Gasteiger partial charge in [0.25, 0.3) is 0 Å². The van der Waals surface area contributed by atoms with Crippen molar-refractivity contribution in [2.75, 3.05) is 0 Å². The number of nitrogens with one attached hydrogen (secondary N) is 1. The molecule has 0 aliphatic heterocycles. The number of pyridine rings is 1. The van der Waals surface area contributed by atoms with Crippen LogP contribution in [-0.2, 0) is 0 Å². The molecule has 2 heterocycles. The van der Waals surface area contributed by atoms with Gasteiger partial charge < -0.3 is 14.5 Å². The normalized spacial score (nSPS) is 11.4. The summed E-state index contributed by atoms with van der Waals surface area (Å²) < 4.78 is 11.7. The van der Waals surface area contributed by atoms with Crippen molar-refractivity contribution in [2.24, 2.45) is 0 Å². The van der Waals surface area contributed by atoms with Crippen LogP contribution in [0.25, 0.3) is 22.4 Å². The van der Waals surface area contributed by atoms with Crippen LogP contribution >= 0.6 is 0 Å². The zero-order valence-corrected chi connectivity index (χ0v) is 13.8. The Hall–Kier alpha value is -2.56. The molecule has 3 rings (SSSR count). The highest BCUT2D eigenvalue weighted by atomic mass is 16.5. The van der Waals surface area contributed by atoms with Crippen LogP contribution in [-0.4, -0.2) is 27.2 Å². The molecule has 23 heavy (non-hydrogen) atoms. The molecule has 0 amide bonds. The SMILES string of the molecule is CC(C)Oc1ccc(-c2nc3ccncc3[nH]2)c(OC(C)C)c1. The van der Waals surface area contributed by atoms with E-state index in [-0.39, 0.29) is 12.2 Å². The fourth-order valence-electron chi connectivity index (χ4n) is 2.38. The minimum absolute atomic E-state index is 0.0640. The Morgan fingerprint density at radius 1 is 1.00 bits per heavy atom. The molecular weight excluding hydrogens is 290 g/mol. The molecule has 5 heteroatoms. The van der Waals surface area contributed by atoms with Gasteiger partial charge in [-0.2, -0.15) is 0 Å². The number of fused-ring (bicyclic) bond motifs is 1. The summed E-state index contributed by atoms with van der Waals surface area (Å²) in [7, 11) is 0. The van der Waals surface area contributed by atoms with Crippen LogP contribution < -0.4 is 9.47 Å². The van der Waals surface area contributed by atoms with Gasteiger partial charge in [-0.05, 0) is 45.9 Å². The predicted molar refractivity (Wildman–Crippen MR) is 90.9 cm³/mol. The smallest absolute Gasteiger partial charge is 0.142 e. The van der Waals surface area contributed by atoms with Crippen molar-refractivity contribution >= 4 is 11.0 Å². The van der Waals surface area contributed by atoms with E-state index in [1.807, 2.05) is 52.0 Å². The molecule has 0 aliphatic rings. The molecule has 120 valence electrons. The van der Waals surface area contributed by atoms with Gasteiger partial charge in [0.2, 0.25) is 0 Å². The van der Waals surface area contributed by atoms with Crippen molar-refractivity contribution < 1.29 is 9.47 Å². The van der Waals surface area contributed by atoms with Gasteiger partial charge in [-0.15, -0.1) is 0 Å². The average molecular weight is 311 g/mol. The second kappa shape index (κ2) is 6.28. The molecular formula is C18H21N3O2. The quantitative estimate of drug-likeness (QED) is 0.767. The van der Waals surface area contributed by atoms with Gasteiger partial charge in [0, 0.05) is 12.3 Å². The summed E-state index contributed by atoms with van der Waals surface area (Å²) in [5.41, 5.74) is 2.69. The Bertz CT molecular complexity index is 776. The van der Waals surface area contributed by atoms with Crippen LogP contribution in [0.4, 0.5) is 0 Å². The first-order valence-corrected chi connectivity index (χ1v) is 7.80. The van der Waals surface area contributed by atoms with E-state index in [1.54, 1.807) is 12.4 Å². The lowest BCUT2D eigenvalue weighted by Crippen LogP contribution is -2.09. The highest BCUT2D eigenvalue weighted by Gasteiger charge is 2.14. The summed E-state index contributed by atoms with van der Waals surface area (Å²) in [6, 6.07) is 7.71. The Morgan fingerprint density at radius 3 is 2.48 bits per heavy atom. The van der Waals surface area contributed by atoms with E-state index in [9.17, 15) is 0 Å². The molecule has 0 bridgehead atoms. The first kappa shape index (κ1) is 15.3. The molecule has 0 saturated heterocycles. The molecule has 0 atom stereocenters. The van der Waals surface area contributed by atoms with Crippen molar-refractivity contribution in [2.45, 2.75) is 39.9 Å². The zero-order valence-electron chi connectivity index (χ0n) is 13.8. The third-order valence-electron chi connectivity index (χ3n) is 3.23. The molecule has 5 nitrogen and oxygen atoms in total. The molecule has 0 saturated carbocycles. The van der Waals surface area contributed by atoms with E-state index < -0.39 is 0 Å². The first-order chi connectivity index (χ1) is 11.0. The number of aromatic amines is 1. The molecule has 1 N–H and O–H groups in total. The lowest BCUT2D eigenvalue weighted by atomic mass is 10.1. The summed E-state index contributed by atoms with van der Waals surface area (Å²) in [4.78, 5) is 12.0. The fraction of sp³-hybridized carbons (Fsp3) is 0.333. The molecule has 3 aromatic rings. The number of ether oxygens (including phenoxy) is 2. The Morgan fingerprint density at radius 2 is 1.78 bits per heavy atom. The lowest BCUT2D eigenvalue weighted by Gasteiger charge is -2.16. The predicted octanol–water partition coefficient (Wildman–Crippen LogP) is 4.20. The summed E-state index contributed by atoms with van der Waals surface area (Å²) >= 11 is 0. The second-order valence-electron chi connectivity index (χ2n) is 5.97. The Kier molecular flexibility index (Phi) is 4.19. The second-order valence-corrected chi connectivity index (χ2v) is 5.97. The van der Waals surface area contributed by atoms with Crippen LogP contribution in [0.2, 0.25) is 0 Å². The van der Waals surface area contributed by atoms with E-state index in [0.29, 0.717) is 0 Å². The maximum Gasteiger partial charge on any atom is 0.142 e. The highest BCUT2D eigenvalue weighted by Crippen LogP contribution is 2.34. The lowest BCUT2D eigenvalue weighted by molar-refractivity contribution is 0.230. The van der Waals surface area contributed by atoms with E-state index in [1.165, 1.54) is 0 Å². The number of imidazole rings is 1. The van der Waals surface area contributed by atoms with Gasteiger partial charge in [-0.3, -0.25) is 4.98 Å². The Balaban J connectivity index is 2.05. The van der Waals surface area contributed by atoms with Crippen LogP contribution in [0.15, 0.2) is 36.7 Å². The van der Waals surface area contributed by atoms with E-state index in [2.05, 4.69) is 15.0 Å². The van der Waals surface area contributed by atoms with Crippen molar-refractivity contribution in [3.8, 4) is 22.9 Å². The minimum Gasteiger partial charge on any atom is -0.491 e. The zero-order chi connectivity index (χ0) is 16.4. The topological polar surface area (TPSA) is 60.0 Å². The molecule has 0 fully saturated rings. The number of rotatable bonds is 5. The van der Waals surface area contributed by atoms with Gasteiger partial charge in [0.15, 0.2) is 0 Å². The highest BCUT2D eigenvalue weighted by molar-refractivity contribution is 5.80. The van der Waals surface area contributed by atoms with Gasteiger partial charge >= 0.3 is 0 Å². The molecule has 0 aliphatic carbocycles. The summed E-state index contributed by atoms with van der Waals surface area (Å²) in [5.74, 6) is 2.31. The van der Waals surface area contributed by atoms with Crippen LogP contribution in [0, 0.1) is 0 Å². The van der Waals surface area contributed by atoms with Crippen LogP contribution in [0.5, 0.6) is 11.5 Å². The third-order valence-corrected chi connectivity index (χ3v) is 3.23. The average Bonchev–Trinajstić information content (AvgIpc) is 2.89. The summed E-state index contributed by atoms with van der Waals surface area (Å²) in [6.45, 7) is 8.01. The Labute approximate surface area is 135 Å². The monoisotopic (exact) mass is 311 g/mol. The minimum atomic E-state index is 0.0640. The number of H-pyrrole nitrogens is 1. The molecule has 0 spiro atoms.